The Morgan fingerprint density at radius 2 is 2.17 bits per heavy atom. The fourth-order valence-electron chi connectivity index (χ4n) is 2.33. The first-order valence-electron chi connectivity index (χ1n) is 6.25. The number of nitrogens with two attached hydrogens (primary N) is 1. The van der Waals surface area contributed by atoms with Gasteiger partial charge >= 0.3 is 0 Å². The zero-order valence-corrected chi connectivity index (χ0v) is 12.2. The third-order valence-electron chi connectivity index (χ3n) is 3.34. The van der Waals surface area contributed by atoms with E-state index in [2.05, 4.69) is 11.5 Å². The number of sulfone groups is 1. The van der Waals surface area contributed by atoms with Crippen LogP contribution in [0.2, 0.25) is 0 Å². The Hall–Kier alpha value is -0.430. The van der Waals surface area contributed by atoms with Gasteiger partial charge in [0, 0.05) is 16.0 Å². The van der Waals surface area contributed by atoms with Crippen LogP contribution >= 0.6 is 11.3 Å². The summed E-state index contributed by atoms with van der Waals surface area (Å²) < 4.78 is 22.4. The Balaban J connectivity index is 2.10. The molecule has 0 radical (unpaired) electrons. The van der Waals surface area contributed by atoms with Gasteiger partial charge in [-0.1, -0.05) is 0 Å². The van der Waals surface area contributed by atoms with Gasteiger partial charge in [-0.2, -0.15) is 0 Å². The number of nitrogens with one attached hydrogen (secondary N) is 1. The smallest absolute Gasteiger partial charge is 0.147 e. The standard InChI is InChI=1S/C12H20N2O2S2/c1-18(15,16)7-6-10(14-13)12-8-9-4-2-3-5-11(9)17-12/h8,10,14H,2-7,13H2,1H3. The second-order valence-corrected chi connectivity index (χ2v) is 8.37. The van der Waals surface area contributed by atoms with E-state index in [0.717, 1.165) is 12.8 Å². The number of hydrazine groups is 1. The first-order chi connectivity index (χ1) is 8.49. The second-order valence-electron chi connectivity index (χ2n) is 4.94. The van der Waals surface area contributed by atoms with Crippen LogP contribution in [0.3, 0.4) is 0 Å². The van der Waals surface area contributed by atoms with Crippen molar-refractivity contribution in [2.45, 2.75) is 38.1 Å². The molecule has 1 atom stereocenters. The molecule has 1 heterocycles. The van der Waals surface area contributed by atoms with Crippen molar-refractivity contribution in [3.63, 3.8) is 0 Å². The predicted octanol–water partition coefficient (Wildman–Crippen LogP) is 1.57. The molecule has 1 unspecified atom stereocenters. The highest BCUT2D eigenvalue weighted by molar-refractivity contribution is 7.90. The fourth-order valence-corrected chi connectivity index (χ4v) is 4.34. The minimum absolute atomic E-state index is 0.0460. The molecule has 0 aromatic carbocycles. The van der Waals surface area contributed by atoms with E-state index < -0.39 is 9.84 Å². The Bertz CT molecular complexity index is 485. The lowest BCUT2D eigenvalue weighted by molar-refractivity contribution is 0.538. The van der Waals surface area contributed by atoms with Crippen LogP contribution in [-0.4, -0.2) is 20.4 Å². The zero-order chi connectivity index (χ0) is 13.2. The zero-order valence-electron chi connectivity index (χ0n) is 10.6. The molecule has 6 heteroatoms. The van der Waals surface area contributed by atoms with Crippen molar-refractivity contribution < 1.29 is 8.42 Å². The predicted molar refractivity (Wildman–Crippen MR) is 75.4 cm³/mol. The average molecular weight is 288 g/mol. The summed E-state index contributed by atoms with van der Waals surface area (Å²) in [6, 6.07) is 2.15. The molecule has 0 saturated carbocycles. The van der Waals surface area contributed by atoms with Gasteiger partial charge in [0.25, 0.3) is 0 Å². The third-order valence-corrected chi connectivity index (χ3v) is 5.67. The van der Waals surface area contributed by atoms with Gasteiger partial charge in [0.15, 0.2) is 0 Å². The summed E-state index contributed by atoms with van der Waals surface area (Å²) in [5.41, 5.74) is 4.18. The van der Waals surface area contributed by atoms with Crippen LogP contribution in [0.25, 0.3) is 0 Å². The number of hydrogen-bond acceptors (Lipinski definition) is 5. The number of rotatable bonds is 5. The highest BCUT2D eigenvalue weighted by Gasteiger charge is 2.19. The van der Waals surface area contributed by atoms with E-state index in [0.29, 0.717) is 6.42 Å². The number of hydrogen-bond donors (Lipinski definition) is 2. The topological polar surface area (TPSA) is 72.2 Å². The Kier molecular flexibility index (Phi) is 4.42. The molecular weight excluding hydrogens is 268 g/mol. The van der Waals surface area contributed by atoms with E-state index in [1.807, 2.05) is 0 Å². The van der Waals surface area contributed by atoms with Crippen molar-refractivity contribution in [2.24, 2.45) is 5.84 Å². The molecule has 0 saturated heterocycles. The lowest BCUT2D eigenvalue weighted by atomic mass is 9.98. The molecule has 0 bridgehead atoms. The molecule has 0 aliphatic heterocycles. The Morgan fingerprint density at radius 3 is 2.78 bits per heavy atom. The summed E-state index contributed by atoms with van der Waals surface area (Å²) in [7, 11) is -2.93. The second kappa shape index (κ2) is 5.69. The van der Waals surface area contributed by atoms with Crippen LogP contribution in [0.15, 0.2) is 6.07 Å². The van der Waals surface area contributed by atoms with Crippen LogP contribution in [0, 0.1) is 0 Å². The van der Waals surface area contributed by atoms with Crippen LogP contribution in [0.5, 0.6) is 0 Å². The largest absolute Gasteiger partial charge is 0.271 e. The lowest BCUT2D eigenvalue weighted by Crippen LogP contribution is -2.29. The monoisotopic (exact) mass is 288 g/mol. The normalized spacial score (nSPS) is 17.4. The van der Waals surface area contributed by atoms with Crippen molar-refractivity contribution in [1.29, 1.82) is 0 Å². The summed E-state index contributed by atoms with van der Waals surface area (Å²) >= 11 is 1.78. The molecule has 0 spiro atoms. The van der Waals surface area contributed by atoms with Crippen LogP contribution in [-0.2, 0) is 22.7 Å². The highest BCUT2D eigenvalue weighted by atomic mass is 32.2. The molecule has 3 N–H and O–H groups in total. The molecule has 1 aliphatic carbocycles. The van der Waals surface area contributed by atoms with Gasteiger partial charge in [-0.3, -0.25) is 11.3 Å². The van der Waals surface area contributed by atoms with Crippen molar-refractivity contribution in [3.05, 3.63) is 21.4 Å². The molecule has 0 fully saturated rings. The molecular formula is C12H20N2O2S2. The maximum absolute atomic E-state index is 11.2. The molecule has 18 heavy (non-hydrogen) atoms. The number of fused-ring (bicyclic) bond motifs is 1. The Morgan fingerprint density at radius 1 is 1.44 bits per heavy atom. The molecule has 0 amide bonds. The minimum Gasteiger partial charge on any atom is -0.271 e. The molecule has 1 aromatic rings. The van der Waals surface area contributed by atoms with E-state index >= 15 is 0 Å². The summed E-state index contributed by atoms with van der Waals surface area (Å²) in [5.74, 6) is 5.72. The summed E-state index contributed by atoms with van der Waals surface area (Å²) in [6.07, 6.45) is 6.62. The van der Waals surface area contributed by atoms with Gasteiger partial charge < -0.3 is 0 Å². The fraction of sp³-hybridized carbons (Fsp3) is 0.667. The van der Waals surface area contributed by atoms with Crippen molar-refractivity contribution in [3.8, 4) is 0 Å². The molecule has 4 nitrogen and oxygen atoms in total. The summed E-state index contributed by atoms with van der Waals surface area (Å²) in [5, 5.41) is 0. The first kappa shape index (κ1) is 14.0. The molecule has 102 valence electrons. The highest BCUT2D eigenvalue weighted by Crippen LogP contribution is 2.33. The van der Waals surface area contributed by atoms with Gasteiger partial charge in [-0.15, -0.1) is 11.3 Å². The van der Waals surface area contributed by atoms with Crippen molar-refractivity contribution >= 4 is 21.2 Å². The van der Waals surface area contributed by atoms with E-state index in [4.69, 9.17) is 5.84 Å². The van der Waals surface area contributed by atoms with Crippen molar-refractivity contribution in [1.82, 2.24) is 5.43 Å². The van der Waals surface area contributed by atoms with E-state index in [1.54, 1.807) is 11.3 Å². The Labute approximate surface area is 112 Å². The third kappa shape index (κ3) is 3.54. The van der Waals surface area contributed by atoms with Gasteiger partial charge in [-0.05, 0) is 43.7 Å². The van der Waals surface area contributed by atoms with Gasteiger partial charge in [0.05, 0.1) is 11.8 Å². The van der Waals surface area contributed by atoms with Gasteiger partial charge in [0.2, 0.25) is 0 Å². The quantitative estimate of drug-likeness (QED) is 0.637. The summed E-state index contributed by atoms with van der Waals surface area (Å²) in [4.78, 5) is 2.63. The van der Waals surface area contributed by atoms with Crippen LogP contribution < -0.4 is 11.3 Å². The molecule has 2 rings (SSSR count). The van der Waals surface area contributed by atoms with E-state index in [9.17, 15) is 8.42 Å². The average Bonchev–Trinajstić information content (AvgIpc) is 2.71. The minimum atomic E-state index is -2.93. The SMILES string of the molecule is CS(=O)(=O)CCC(NN)c1cc2c(s1)CCCC2. The number of thiophene rings is 1. The maximum atomic E-state index is 11.2. The van der Waals surface area contributed by atoms with Crippen molar-refractivity contribution in [2.75, 3.05) is 12.0 Å². The van der Waals surface area contributed by atoms with E-state index in [-0.39, 0.29) is 11.8 Å². The molecule has 1 aliphatic rings. The van der Waals surface area contributed by atoms with Gasteiger partial charge in [0.1, 0.15) is 9.84 Å². The molecule has 1 aromatic heterocycles. The maximum Gasteiger partial charge on any atom is 0.147 e. The van der Waals surface area contributed by atoms with Crippen LogP contribution in [0.1, 0.15) is 40.6 Å². The van der Waals surface area contributed by atoms with Crippen LogP contribution in [0.4, 0.5) is 0 Å². The lowest BCUT2D eigenvalue weighted by Gasteiger charge is -2.13. The first-order valence-corrected chi connectivity index (χ1v) is 9.12. The summed E-state index contributed by atoms with van der Waals surface area (Å²) in [6.45, 7) is 0. The number of aryl methyl sites for hydroxylation is 2. The van der Waals surface area contributed by atoms with Gasteiger partial charge in [-0.25, -0.2) is 8.42 Å². The van der Waals surface area contributed by atoms with E-state index in [1.165, 1.54) is 34.4 Å².